The highest BCUT2D eigenvalue weighted by molar-refractivity contribution is 5.70. The Morgan fingerprint density at radius 3 is 2.16 bits per heavy atom. The van der Waals surface area contributed by atoms with Crippen LogP contribution in [0.1, 0.15) is 31.9 Å². The lowest BCUT2D eigenvalue weighted by atomic mass is 9.87. The number of rotatable bonds is 3. The van der Waals surface area contributed by atoms with Gasteiger partial charge in [0.05, 0.1) is 0 Å². The van der Waals surface area contributed by atoms with E-state index in [9.17, 15) is 0 Å². The number of pyridine rings is 1. The van der Waals surface area contributed by atoms with Crippen LogP contribution in [-0.2, 0) is 13.5 Å². The second kappa shape index (κ2) is 6.84. The first kappa shape index (κ1) is 17.4. The van der Waals surface area contributed by atoms with Gasteiger partial charge in [0.2, 0.25) is 5.69 Å². The molecule has 3 rings (SSSR count). The molecule has 25 heavy (non-hydrogen) atoms. The smallest absolute Gasteiger partial charge is 0.201 e. The summed E-state index contributed by atoms with van der Waals surface area (Å²) in [5, 5.41) is 0. The minimum atomic E-state index is 0.319. The molecule has 0 radical (unpaired) electrons. The SMILES string of the molecule is Cc1ccccc1-c1cc(-c2ccc(CC(C)(C)C)cc2)cc[n+]1C. The van der Waals surface area contributed by atoms with Crippen LogP contribution in [0.4, 0.5) is 0 Å². The van der Waals surface area contributed by atoms with Gasteiger partial charge in [0.1, 0.15) is 7.05 Å². The molecule has 0 saturated carbocycles. The van der Waals surface area contributed by atoms with Crippen molar-refractivity contribution in [2.24, 2.45) is 12.5 Å². The molecule has 0 aliphatic heterocycles. The molecule has 1 heteroatoms. The van der Waals surface area contributed by atoms with Crippen molar-refractivity contribution in [2.45, 2.75) is 34.1 Å². The normalized spacial score (nSPS) is 11.6. The van der Waals surface area contributed by atoms with E-state index in [4.69, 9.17) is 0 Å². The summed E-state index contributed by atoms with van der Waals surface area (Å²) in [5.74, 6) is 0. The maximum Gasteiger partial charge on any atom is 0.213 e. The topological polar surface area (TPSA) is 3.88 Å². The van der Waals surface area contributed by atoms with E-state index in [1.165, 1.54) is 33.5 Å². The third-order valence-electron chi connectivity index (χ3n) is 4.59. The van der Waals surface area contributed by atoms with Gasteiger partial charge in [0, 0.05) is 17.7 Å². The van der Waals surface area contributed by atoms with Gasteiger partial charge in [-0.25, -0.2) is 4.57 Å². The highest BCUT2D eigenvalue weighted by atomic mass is 14.9. The zero-order chi connectivity index (χ0) is 18.0. The largest absolute Gasteiger partial charge is 0.213 e. The van der Waals surface area contributed by atoms with E-state index in [0.29, 0.717) is 5.41 Å². The van der Waals surface area contributed by atoms with Gasteiger partial charge in [0.15, 0.2) is 6.20 Å². The van der Waals surface area contributed by atoms with Crippen molar-refractivity contribution in [3.63, 3.8) is 0 Å². The summed E-state index contributed by atoms with van der Waals surface area (Å²) in [6.07, 6.45) is 3.26. The number of aromatic nitrogens is 1. The van der Waals surface area contributed by atoms with Crippen LogP contribution in [0, 0.1) is 12.3 Å². The number of aryl methyl sites for hydroxylation is 2. The van der Waals surface area contributed by atoms with Crippen molar-refractivity contribution in [2.75, 3.05) is 0 Å². The molecule has 1 aromatic heterocycles. The van der Waals surface area contributed by atoms with Gasteiger partial charge in [-0.15, -0.1) is 0 Å². The maximum absolute atomic E-state index is 2.29. The predicted molar refractivity (Wildman–Crippen MR) is 106 cm³/mol. The fraction of sp³-hybridized carbons (Fsp3) is 0.292. The summed E-state index contributed by atoms with van der Waals surface area (Å²) < 4.78 is 2.19. The summed E-state index contributed by atoms with van der Waals surface area (Å²) in [5.41, 5.74) is 8.09. The highest BCUT2D eigenvalue weighted by Gasteiger charge is 2.14. The number of hydrogen-bond donors (Lipinski definition) is 0. The van der Waals surface area contributed by atoms with Crippen LogP contribution in [-0.4, -0.2) is 0 Å². The lowest BCUT2D eigenvalue weighted by molar-refractivity contribution is -0.660. The third kappa shape index (κ3) is 4.17. The Labute approximate surface area is 152 Å². The standard InChI is InChI=1S/C24H28N/c1-18-8-6-7-9-22(18)23-16-21(14-15-25(23)5)20-12-10-19(11-13-20)17-24(2,3)4/h6-16H,17H2,1-5H3/q+1. The molecule has 0 saturated heterocycles. The summed E-state index contributed by atoms with van der Waals surface area (Å²) in [4.78, 5) is 0. The predicted octanol–water partition coefficient (Wildman–Crippen LogP) is 5.74. The molecule has 0 aliphatic rings. The van der Waals surface area contributed by atoms with E-state index in [-0.39, 0.29) is 0 Å². The lowest BCUT2D eigenvalue weighted by Gasteiger charge is -2.18. The zero-order valence-corrected chi connectivity index (χ0v) is 16.0. The summed E-state index contributed by atoms with van der Waals surface area (Å²) >= 11 is 0. The third-order valence-corrected chi connectivity index (χ3v) is 4.59. The van der Waals surface area contributed by atoms with Crippen LogP contribution in [0.25, 0.3) is 22.4 Å². The fourth-order valence-electron chi connectivity index (χ4n) is 3.30. The van der Waals surface area contributed by atoms with Gasteiger partial charge in [0.25, 0.3) is 0 Å². The molecule has 0 atom stereocenters. The lowest BCUT2D eigenvalue weighted by Crippen LogP contribution is -2.30. The Balaban J connectivity index is 1.96. The highest BCUT2D eigenvalue weighted by Crippen LogP contribution is 2.27. The average Bonchev–Trinajstić information content (AvgIpc) is 2.55. The minimum absolute atomic E-state index is 0.319. The first-order valence-corrected chi connectivity index (χ1v) is 8.98. The van der Waals surface area contributed by atoms with E-state index in [2.05, 4.69) is 106 Å². The Morgan fingerprint density at radius 1 is 0.840 bits per heavy atom. The monoisotopic (exact) mass is 330 g/mol. The second-order valence-corrected chi connectivity index (χ2v) is 8.16. The molecule has 1 nitrogen and oxygen atoms in total. The summed E-state index contributed by atoms with van der Waals surface area (Å²) in [6.45, 7) is 9.02. The Morgan fingerprint density at radius 2 is 1.52 bits per heavy atom. The van der Waals surface area contributed by atoms with Gasteiger partial charge in [-0.1, -0.05) is 63.2 Å². The summed E-state index contributed by atoms with van der Waals surface area (Å²) in [6, 6.07) is 22.1. The van der Waals surface area contributed by atoms with E-state index in [1.807, 2.05) is 0 Å². The van der Waals surface area contributed by atoms with Crippen LogP contribution in [0.3, 0.4) is 0 Å². The van der Waals surface area contributed by atoms with Crippen molar-refractivity contribution in [3.05, 3.63) is 78.0 Å². The molecule has 3 aromatic rings. The van der Waals surface area contributed by atoms with Crippen molar-refractivity contribution in [3.8, 4) is 22.4 Å². The molecule has 0 N–H and O–H groups in total. The molecule has 0 fully saturated rings. The van der Waals surface area contributed by atoms with E-state index < -0.39 is 0 Å². The molecule has 0 unspecified atom stereocenters. The van der Waals surface area contributed by atoms with Gasteiger partial charge in [-0.2, -0.15) is 0 Å². The van der Waals surface area contributed by atoms with Crippen LogP contribution < -0.4 is 4.57 Å². The molecule has 0 spiro atoms. The van der Waals surface area contributed by atoms with E-state index >= 15 is 0 Å². The van der Waals surface area contributed by atoms with E-state index in [1.54, 1.807) is 0 Å². The van der Waals surface area contributed by atoms with Crippen molar-refractivity contribution in [1.29, 1.82) is 0 Å². The molecular formula is C24H28N+. The first-order chi connectivity index (χ1) is 11.8. The van der Waals surface area contributed by atoms with Crippen LogP contribution in [0.15, 0.2) is 66.9 Å². The summed E-state index contributed by atoms with van der Waals surface area (Å²) in [7, 11) is 2.11. The molecule has 0 aliphatic carbocycles. The Bertz CT molecular complexity index is 867. The maximum atomic E-state index is 2.29. The fourth-order valence-corrected chi connectivity index (χ4v) is 3.30. The van der Waals surface area contributed by atoms with Crippen molar-refractivity contribution < 1.29 is 4.57 Å². The number of benzene rings is 2. The van der Waals surface area contributed by atoms with Gasteiger partial charge < -0.3 is 0 Å². The van der Waals surface area contributed by atoms with Crippen molar-refractivity contribution in [1.82, 2.24) is 0 Å². The number of hydrogen-bond acceptors (Lipinski definition) is 0. The average molecular weight is 330 g/mol. The van der Waals surface area contributed by atoms with Crippen LogP contribution >= 0.6 is 0 Å². The second-order valence-electron chi connectivity index (χ2n) is 8.16. The minimum Gasteiger partial charge on any atom is -0.201 e. The van der Waals surface area contributed by atoms with Gasteiger partial charge >= 0.3 is 0 Å². The van der Waals surface area contributed by atoms with Gasteiger partial charge in [-0.05, 0) is 47.1 Å². The van der Waals surface area contributed by atoms with E-state index in [0.717, 1.165) is 6.42 Å². The molecular weight excluding hydrogens is 302 g/mol. The Hall–Kier alpha value is -2.41. The molecule has 128 valence electrons. The molecule has 2 aromatic carbocycles. The molecule has 1 heterocycles. The van der Waals surface area contributed by atoms with Gasteiger partial charge in [-0.3, -0.25) is 0 Å². The van der Waals surface area contributed by atoms with Crippen molar-refractivity contribution >= 4 is 0 Å². The molecule has 0 bridgehead atoms. The first-order valence-electron chi connectivity index (χ1n) is 8.98. The quantitative estimate of drug-likeness (QED) is 0.539. The molecule has 0 amide bonds. The number of nitrogens with zero attached hydrogens (tertiary/aromatic N) is 1. The van der Waals surface area contributed by atoms with Crippen LogP contribution in [0.2, 0.25) is 0 Å². The van der Waals surface area contributed by atoms with Crippen LogP contribution in [0.5, 0.6) is 0 Å². The Kier molecular flexibility index (Phi) is 4.76. The zero-order valence-electron chi connectivity index (χ0n) is 16.0.